The first-order valence-corrected chi connectivity index (χ1v) is 8.48. The van der Waals surface area contributed by atoms with E-state index < -0.39 is 9.84 Å². The summed E-state index contributed by atoms with van der Waals surface area (Å²) in [6.45, 7) is 2.68. The van der Waals surface area contributed by atoms with E-state index in [0.717, 1.165) is 12.2 Å². The van der Waals surface area contributed by atoms with E-state index in [4.69, 9.17) is 4.74 Å². The number of ether oxygens (including phenoxy) is 1. The Hall–Kier alpha value is -1.07. The van der Waals surface area contributed by atoms with Crippen LogP contribution in [0.4, 0.5) is 0 Å². The molecule has 0 spiro atoms. The molecule has 1 saturated heterocycles. The molecule has 19 heavy (non-hydrogen) atoms. The van der Waals surface area contributed by atoms with Crippen LogP contribution in [0.25, 0.3) is 0 Å². The van der Waals surface area contributed by atoms with E-state index in [2.05, 4.69) is 11.4 Å². The molecule has 0 aromatic heterocycles. The van der Waals surface area contributed by atoms with E-state index in [-0.39, 0.29) is 17.4 Å². The lowest BCUT2D eigenvalue weighted by Gasteiger charge is -2.25. The second kappa shape index (κ2) is 4.49. The fourth-order valence-electron chi connectivity index (χ4n) is 2.88. The molecule has 2 atom stereocenters. The molecule has 2 aliphatic rings. The first-order chi connectivity index (χ1) is 8.96. The van der Waals surface area contributed by atoms with Gasteiger partial charge in [0.1, 0.15) is 11.9 Å². The van der Waals surface area contributed by atoms with Crippen molar-refractivity contribution in [2.24, 2.45) is 0 Å². The van der Waals surface area contributed by atoms with Crippen molar-refractivity contribution in [2.45, 2.75) is 31.4 Å². The lowest BCUT2D eigenvalue weighted by molar-refractivity contribution is 0.210. The van der Waals surface area contributed by atoms with Crippen LogP contribution in [-0.4, -0.2) is 38.1 Å². The predicted octanol–water partition coefficient (Wildman–Crippen LogP) is 1.16. The van der Waals surface area contributed by atoms with E-state index in [9.17, 15) is 8.42 Å². The number of benzene rings is 1. The highest BCUT2D eigenvalue weighted by molar-refractivity contribution is 7.91. The van der Waals surface area contributed by atoms with Crippen LogP contribution < -0.4 is 10.1 Å². The quantitative estimate of drug-likeness (QED) is 0.903. The first-order valence-electron chi connectivity index (χ1n) is 6.66. The van der Waals surface area contributed by atoms with Crippen molar-refractivity contribution in [2.75, 3.05) is 18.1 Å². The molecule has 5 heteroatoms. The maximum atomic E-state index is 11.5. The molecular formula is C14H19NO3S. The molecule has 3 rings (SSSR count). The standard InChI is InChI=1S/C14H19NO3S/c1-14(6-7-19(16,17)10-14)15-9-12-8-11-4-2-3-5-13(11)18-12/h2-5,12,15H,6-10H2,1H3. The highest BCUT2D eigenvalue weighted by atomic mass is 32.2. The lowest BCUT2D eigenvalue weighted by atomic mass is 10.0. The third-order valence-electron chi connectivity index (χ3n) is 3.97. The van der Waals surface area contributed by atoms with Crippen LogP contribution in [0.2, 0.25) is 0 Å². The van der Waals surface area contributed by atoms with E-state index in [0.29, 0.717) is 18.7 Å². The van der Waals surface area contributed by atoms with Crippen molar-refractivity contribution in [3.8, 4) is 5.75 Å². The predicted molar refractivity (Wildman–Crippen MR) is 74.2 cm³/mol. The van der Waals surface area contributed by atoms with Gasteiger partial charge in [0.2, 0.25) is 0 Å². The SMILES string of the molecule is CC1(NCC2Cc3ccccc3O2)CCS(=O)(=O)C1. The summed E-state index contributed by atoms with van der Waals surface area (Å²) in [5, 5.41) is 3.39. The van der Waals surface area contributed by atoms with Crippen molar-refractivity contribution in [1.82, 2.24) is 5.32 Å². The van der Waals surface area contributed by atoms with Crippen molar-refractivity contribution in [3.63, 3.8) is 0 Å². The summed E-state index contributed by atoms with van der Waals surface area (Å²) in [7, 11) is -2.86. The molecule has 2 heterocycles. The van der Waals surface area contributed by atoms with Gasteiger partial charge in [-0.05, 0) is 25.0 Å². The number of hydrogen-bond acceptors (Lipinski definition) is 4. The van der Waals surface area contributed by atoms with Gasteiger partial charge in [-0.25, -0.2) is 8.42 Å². The first kappa shape index (κ1) is 12.9. The Balaban J connectivity index is 1.58. The Bertz CT molecular complexity index is 559. The Labute approximate surface area is 114 Å². The van der Waals surface area contributed by atoms with Gasteiger partial charge in [0.15, 0.2) is 9.84 Å². The third-order valence-corrected chi connectivity index (χ3v) is 5.88. The summed E-state index contributed by atoms with van der Waals surface area (Å²) >= 11 is 0. The number of rotatable bonds is 3. The zero-order valence-corrected chi connectivity index (χ0v) is 11.9. The monoisotopic (exact) mass is 281 g/mol. The molecule has 4 nitrogen and oxygen atoms in total. The molecular weight excluding hydrogens is 262 g/mol. The van der Waals surface area contributed by atoms with Gasteiger partial charge in [-0.15, -0.1) is 0 Å². The van der Waals surface area contributed by atoms with Crippen LogP contribution >= 0.6 is 0 Å². The second-order valence-corrected chi connectivity index (χ2v) is 8.02. The molecule has 0 saturated carbocycles. The van der Waals surface area contributed by atoms with Crippen molar-refractivity contribution >= 4 is 9.84 Å². The summed E-state index contributed by atoms with van der Waals surface area (Å²) in [6, 6.07) is 8.05. The molecule has 2 aliphatic heterocycles. The average molecular weight is 281 g/mol. The Morgan fingerprint density at radius 1 is 1.42 bits per heavy atom. The Morgan fingerprint density at radius 3 is 2.89 bits per heavy atom. The summed E-state index contributed by atoms with van der Waals surface area (Å²) in [4.78, 5) is 0. The van der Waals surface area contributed by atoms with Gasteiger partial charge in [-0.1, -0.05) is 18.2 Å². The summed E-state index contributed by atoms with van der Waals surface area (Å²) in [6.07, 6.45) is 1.69. The number of sulfone groups is 1. The highest BCUT2D eigenvalue weighted by Crippen LogP contribution is 2.29. The van der Waals surface area contributed by atoms with E-state index in [1.165, 1.54) is 5.56 Å². The lowest BCUT2D eigenvalue weighted by Crippen LogP contribution is -2.47. The van der Waals surface area contributed by atoms with Crippen LogP contribution in [0, 0.1) is 0 Å². The fraction of sp³-hybridized carbons (Fsp3) is 0.571. The van der Waals surface area contributed by atoms with E-state index >= 15 is 0 Å². The van der Waals surface area contributed by atoms with Crippen molar-refractivity contribution in [3.05, 3.63) is 29.8 Å². The number of hydrogen-bond donors (Lipinski definition) is 1. The van der Waals surface area contributed by atoms with Gasteiger partial charge in [0.25, 0.3) is 0 Å². The Morgan fingerprint density at radius 2 is 2.21 bits per heavy atom. The highest BCUT2D eigenvalue weighted by Gasteiger charge is 2.38. The van der Waals surface area contributed by atoms with Crippen molar-refractivity contribution in [1.29, 1.82) is 0 Å². The molecule has 0 aliphatic carbocycles. The van der Waals surface area contributed by atoms with Crippen LogP contribution in [-0.2, 0) is 16.3 Å². The van der Waals surface area contributed by atoms with Gasteiger partial charge in [-0.2, -0.15) is 0 Å². The van der Waals surface area contributed by atoms with Gasteiger partial charge < -0.3 is 10.1 Å². The molecule has 1 fully saturated rings. The number of fused-ring (bicyclic) bond motifs is 1. The zero-order valence-electron chi connectivity index (χ0n) is 11.1. The molecule has 1 N–H and O–H groups in total. The summed E-state index contributed by atoms with van der Waals surface area (Å²) in [5.74, 6) is 1.49. The van der Waals surface area contributed by atoms with Crippen LogP contribution in [0.5, 0.6) is 5.75 Å². The molecule has 1 aromatic carbocycles. The Kier molecular flexibility index (Phi) is 3.06. The topological polar surface area (TPSA) is 55.4 Å². The molecule has 0 bridgehead atoms. The molecule has 104 valence electrons. The van der Waals surface area contributed by atoms with Gasteiger partial charge in [0, 0.05) is 18.5 Å². The third kappa shape index (κ3) is 2.77. The van der Waals surface area contributed by atoms with E-state index in [1.807, 2.05) is 25.1 Å². The van der Waals surface area contributed by atoms with E-state index in [1.54, 1.807) is 0 Å². The minimum absolute atomic E-state index is 0.109. The van der Waals surface area contributed by atoms with Crippen LogP contribution in [0.15, 0.2) is 24.3 Å². The van der Waals surface area contributed by atoms with Gasteiger partial charge in [0.05, 0.1) is 11.5 Å². The normalized spacial score (nSPS) is 31.9. The smallest absolute Gasteiger partial charge is 0.152 e. The summed E-state index contributed by atoms with van der Waals surface area (Å²) in [5.41, 5.74) is 0.940. The molecule has 2 unspecified atom stereocenters. The van der Waals surface area contributed by atoms with Gasteiger partial charge >= 0.3 is 0 Å². The largest absolute Gasteiger partial charge is 0.488 e. The second-order valence-electron chi connectivity index (χ2n) is 5.84. The average Bonchev–Trinajstić information content (AvgIpc) is 2.88. The molecule has 0 amide bonds. The van der Waals surface area contributed by atoms with Crippen LogP contribution in [0.1, 0.15) is 18.9 Å². The summed E-state index contributed by atoms with van der Waals surface area (Å²) < 4.78 is 29.0. The fourth-order valence-corrected chi connectivity index (χ4v) is 5.00. The minimum atomic E-state index is -2.86. The maximum Gasteiger partial charge on any atom is 0.152 e. The number of nitrogens with one attached hydrogen (secondary N) is 1. The van der Waals surface area contributed by atoms with Crippen LogP contribution in [0.3, 0.4) is 0 Å². The molecule has 0 radical (unpaired) electrons. The minimum Gasteiger partial charge on any atom is -0.488 e. The van der Waals surface area contributed by atoms with Crippen molar-refractivity contribution < 1.29 is 13.2 Å². The zero-order chi connectivity index (χ0) is 13.5. The van der Waals surface area contributed by atoms with Gasteiger partial charge in [-0.3, -0.25) is 0 Å². The maximum absolute atomic E-state index is 11.5. The number of para-hydroxylation sites is 1. The molecule has 1 aromatic rings.